The van der Waals surface area contributed by atoms with E-state index in [9.17, 15) is 5.11 Å². The van der Waals surface area contributed by atoms with Gasteiger partial charge in [-0.05, 0) is 127 Å². The fourth-order valence-electron chi connectivity index (χ4n) is 8.21. The number of hydrogen-bond acceptors (Lipinski definition) is 3. The predicted octanol–water partition coefficient (Wildman–Crippen LogP) is 16.0. The lowest BCUT2D eigenvalue weighted by atomic mass is 9.79. The first-order valence-electron chi connectivity index (χ1n) is 26.1. The molecule has 320 valence electrons. The number of aromatic hydroxyl groups is 1. The largest absolute Gasteiger partial charge is 0.507 e. The molecule has 0 unspecified atom stereocenters. The molecule has 6 aromatic carbocycles. The van der Waals surface area contributed by atoms with Crippen molar-refractivity contribution in [2.24, 2.45) is 0 Å². The van der Waals surface area contributed by atoms with Crippen LogP contribution in [0, 0.1) is 6.85 Å². The summed E-state index contributed by atoms with van der Waals surface area (Å²) in [5, 5.41) is 12.7. The minimum atomic E-state index is -3.10. The van der Waals surface area contributed by atoms with Crippen molar-refractivity contribution < 1.29 is 17.4 Å². The zero-order valence-corrected chi connectivity index (χ0v) is 38.1. The number of phenols is 1. The van der Waals surface area contributed by atoms with Gasteiger partial charge in [0.15, 0.2) is 0 Å². The summed E-state index contributed by atoms with van der Waals surface area (Å²) in [7, 11) is 0. The topological polar surface area (TPSA) is 50.9 Å². The second-order valence-electron chi connectivity index (χ2n) is 20.1. The van der Waals surface area contributed by atoms with Crippen LogP contribution in [-0.4, -0.2) is 19.6 Å². The maximum absolute atomic E-state index is 12.7. The second-order valence-corrected chi connectivity index (χ2v) is 20.1. The summed E-state index contributed by atoms with van der Waals surface area (Å²) in [6.07, 6.45) is 1.82. The van der Waals surface area contributed by atoms with Crippen LogP contribution in [0.25, 0.3) is 72.7 Å². The van der Waals surface area contributed by atoms with Gasteiger partial charge in [0.1, 0.15) is 11.6 Å². The number of phenolic OH excluding ortho intramolecular Hbond substituents is 1. The molecule has 0 atom stereocenters. The lowest BCUT2D eigenvalue weighted by Gasteiger charge is -2.27. The van der Waals surface area contributed by atoms with Gasteiger partial charge in [0.2, 0.25) is 0 Å². The number of rotatable bonds is 6. The van der Waals surface area contributed by atoms with E-state index in [1.807, 2.05) is 87.6 Å². The van der Waals surface area contributed by atoms with Gasteiger partial charge in [-0.15, -0.1) is 0 Å². The Bertz CT molecular complexity index is 3310. The van der Waals surface area contributed by atoms with E-state index >= 15 is 0 Å². The quantitative estimate of drug-likeness (QED) is 0.181. The van der Waals surface area contributed by atoms with Gasteiger partial charge in [-0.3, -0.25) is 9.55 Å². The van der Waals surface area contributed by atoms with E-state index in [1.54, 1.807) is 22.8 Å². The van der Waals surface area contributed by atoms with Gasteiger partial charge in [-0.1, -0.05) is 168 Å². The minimum absolute atomic E-state index is 0.00679. The van der Waals surface area contributed by atoms with Crippen molar-refractivity contribution in [3.8, 4) is 67.5 Å². The van der Waals surface area contributed by atoms with Crippen molar-refractivity contribution in [2.45, 2.75) is 111 Å². The molecule has 4 heteroatoms. The summed E-state index contributed by atoms with van der Waals surface area (Å²) in [6.45, 7) is 11.1. The highest BCUT2D eigenvalue weighted by molar-refractivity contribution is 5.97. The third kappa shape index (κ3) is 8.61. The SMILES string of the molecule is [2H]C([2H])([2H])c1cc(-c2ccccc2)ccc1-n1c(-c2cc(C(C)(C)C)cc(C(C)(C([2H])([2H])[2H])C([2H])([2H])[2H])c2O)nc2c(-c3cc(-c4cc(-c5ccc(C(C)(C)C)cc5)ccn4)cc(C(C)(C)C)c3)cccc21. The number of fused-ring (bicyclic) bond motifs is 1. The molecule has 0 amide bonds. The van der Waals surface area contributed by atoms with Crippen LogP contribution in [0.2, 0.25) is 0 Å². The Labute approximate surface area is 388 Å². The number of nitrogens with zero attached hydrogens (tertiary/aromatic N) is 3. The smallest absolute Gasteiger partial charge is 0.149 e. The van der Waals surface area contributed by atoms with Gasteiger partial charge in [0, 0.05) is 35.2 Å². The number of imidazole rings is 1. The molecule has 0 bridgehead atoms. The first-order valence-corrected chi connectivity index (χ1v) is 21.6. The molecule has 0 radical (unpaired) electrons. The number of pyridine rings is 1. The van der Waals surface area contributed by atoms with E-state index in [-0.39, 0.29) is 39.0 Å². The summed E-state index contributed by atoms with van der Waals surface area (Å²) >= 11 is 0. The summed E-state index contributed by atoms with van der Waals surface area (Å²) in [5.41, 5.74) is 6.98. The van der Waals surface area contributed by atoms with Crippen molar-refractivity contribution in [3.05, 3.63) is 167 Å². The Balaban J connectivity index is 1.46. The molecule has 0 aliphatic rings. The van der Waals surface area contributed by atoms with Crippen LogP contribution in [0.4, 0.5) is 0 Å². The number of aryl methyl sites for hydroxylation is 1. The molecule has 8 aromatic rings. The minimum Gasteiger partial charge on any atom is -0.507 e. The first kappa shape index (κ1) is 33.3. The lowest BCUT2D eigenvalue weighted by Crippen LogP contribution is -2.17. The molecule has 1 N–H and O–H groups in total. The van der Waals surface area contributed by atoms with Gasteiger partial charge < -0.3 is 5.11 Å². The van der Waals surface area contributed by atoms with E-state index in [1.165, 1.54) is 11.6 Å². The summed E-state index contributed by atoms with van der Waals surface area (Å²) in [6, 6.07) is 42.6. The van der Waals surface area contributed by atoms with Gasteiger partial charge in [-0.25, -0.2) is 4.98 Å². The summed E-state index contributed by atoms with van der Waals surface area (Å²) < 4.78 is 80.5. The number of hydrogen-bond donors (Lipinski definition) is 1. The van der Waals surface area contributed by atoms with E-state index in [2.05, 4.69) is 90.1 Å². The third-order valence-corrected chi connectivity index (χ3v) is 12.0. The fraction of sp³-hybridized carbons (Fsp3) is 0.288. The maximum Gasteiger partial charge on any atom is 0.149 e. The van der Waals surface area contributed by atoms with Crippen LogP contribution in [0.15, 0.2) is 140 Å². The molecular formula is C59H63N3O. The summed E-state index contributed by atoms with van der Waals surface area (Å²) in [4.78, 5) is 10.3. The molecule has 0 fully saturated rings. The average Bonchev–Trinajstić information content (AvgIpc) is 3.69. The predicted molar refractivity (Wildman–Crippen MR) is 267 cm³/mol. The second kappa shape index (κ2) is 15.8. The zero-order valence-electron chi connectivity index (χ0n) is 47.1. The Morgan fingerprint density at radius 2 is 1.14 bits per heavy atom. The molecule has 0 saturated carbocycles. The van der Waals surface area contributed by atoms with Crippen molar-refractivity contribution in [1.29, 1.82) is 0 Å². The Morgan fingerprint density at radius 3 is 1.81 bits per heavy atom. The van der Waals surface area contributed by atoms with Crippen LogP contribution >= 0.6 is 0 Å². The van der Waals surface area contributed by atoms with Gasteiger partial charge >= 0.3 is 0 Å². The summed E-state index contributed by atoms with van der Waals surface area (Å²) in [5.74, 6) is -0.485. The van der Waals surface area contributed by atoms with Crippen molar-refractivity contribution in [3.63, 3.8) is 0 Å². The Hall–Kier alpha value is -6.26. The highest BCUT2D eigenvalue weighted by atomic mass is 16.3. The molecule has 63 heavy (non-hydrogen) atoms. The molecule has 0 spiro atoms. The van der Waals surface area contributed by atoms with Crippen LogP contribution < -0.4 is 0 Å². The van der Waals surface area contributed by atoms with E-state index in [0.29, 0.717) is 27.7 Å². The maximum atomic E-state index is 12.7. The number of para-hydroxylation sites is 1. The molecule has 2 heterocycles. The van der Waals surface area contributed by atoms with Crippen LogP contribution in [0.3, 0.4) is 0 Å². The number of aromatic nitrogens is 3. The normalized spacial score (nSPS) is 15.3. The van der Waals surface area contributed by atoms with Crippen LogP contribution in [0.1, 0.15) is 123 Å². The van der Waals surface area contributed by atoms with E-state index < -0.39 is 37.1 Å². The van der Waals surface area contributed by atoms with E-state index in [0.717, 1.165) is 46.0 Å². The molecule has 0 aliphatic carbocycles. The van der Waals surface area contributed by atoms with Gasteiger partial charge in [-0.2, -0.15) is 0 Å². The number of benzene rings is 6. The highest BCUT2D eigenvalue weighted by Gasteiger charge is 2.29. The highest BCUT2D eigenvalue weighted by Crippen LogP contribution is 2.45. The molecule has 0 aliphatic heterocycles. The molecule has 8 rings (SSSR count). The van der Waals surface area contributed by atoms with Crippen LogP contribution in [0.5, 0.6) is 5.75 Å². The lowest BCUT2D eigenvalue weighted by molar-refractivity contribution is 0.446. The van der Waals surface area contributed by atoms with Crippen molar-refractivity contribution in [2.75, 3.05) is 0 Å². The Morgan fingerprint density at radius 1 is 0.508 bits per heavy atom. The van der Waals surface area contributed by atoms with Gasteiger partial charge in [0.05, 0.1) is 28.0 Å². The van der Waals surface area contributed by atoms with Gasteiger partial charge in [0.25, 0.3) is 0 Å². The molecule has 4 nitrogen and oxygen atoms in total. The average molecular weight is 839 g/mol. The fourth-order valence-corrected chi connectivity index (χ4v) is 8.21. The Kier molecular flexibility index (Phi) is 8.37. The van der Waals surface area contributed by atoms with Crippen LogP contribution in [-0.2, 0) is 21.7 Å². The molecular weight excluding hydrogens is 767 g/mol. The molecule has 2 aromatic heterocycles. The van der Waals surface area contributed by atoms with Crippen molar-refractivity contribution in [1.82, 2.24) is 14.5 Å². The zero-order chi connectivity index (χ0) is 52.7. The van der Waals surface area contributed by atoms with E-state index in [4.69, 9.17) is 22.3 Å². The van der Waals surface area contributed by atoms with Crippen molar-refractivity contribution >= 4 is 11.0 Å². The third-order valence-electron chi connectivity index (χ3n) is 12.0. The standard InChI is InChI=1S/C59H63N3O/c1-37-30-40(38-18-15-14-16-19-38)24-27-51(37)62-52-21-17-20-47(53(52)61-55(62)48-35-46(58(8,9)10)36-49(54(48)63)59(11,12)13)42-31-43(33-45(32-42)57(5,6)7)50-34-41(28-29-60-50)39-22-25-44(26-23-39)56(2,3)4/h14-36,63H,1-13H3/i1D3,11D3,12D3. The first-order chi connectivity index (χ1) is 33.3. The monoisotopic (exact) mass is 839 g/mol. The molecule has 0 saturated heterocycles.